The minimum absolute atomic E-state index is 0.255. The molecule has 0 spiro atoms. The van der Waals surface area contributed by atoms with Crippen LogP contribution >= 0.6 is 0 Å². The van der Waals surface area contributed by atoms with E-state index < -0.39 is 0 Å². The molecule has 12 heavy (non-hydrogen) atoms. The Bertz CT molecular complexity index is 243. The van der Waals surface area contributed by atoms with Crippen LogP contribution in [0.25, 0.3) is 0 Å². The van der Waals surface area contributed by atoms with Crippen LogP contribution in [0.3, 0.4) is 0 Å². The van der Waals surface area contributed by atoms with E-state index in [-0.39, 0.29) is 5.84 Å². The second-order valence-electron chi connectivity index (χ2n) is 2.70. The maximum Gasteiger partial charge on any atom is 0.0905 e. The molecule has 0 aliphatic carbocycles. The number of hydrogen-bond acceptors (Lipinski definition) is 2. The summed E-state index contributed by atoms with van der Waals surface area (Å²) < 4.78 is 0. The quantitative estimate of drug-likeness (QED) is 0.519. The highest BCUT2D eigenvalue weighted by atomic mass is 14.7. The number of nitrogens with two attached hydrogens (primary N) is 1. The van der Waals surface area contributed by atoms with Crippen LogP contribution in [0, 0.1) is 5.41 Å². The normalized spacial score (nSPS) is 9.67. The van der Waals surface area contributed by atoms with Crippen molar-refractivity contribution in [1.29, 1.82) is 5.41 Å². The average molecular weight is 163 g/mol. The van der Waals surface area contributed by atoms with Gasteiger partial charge in [0.25, 0.3) is 0 Å². The van der Waals surface area contributed by atoms with Gasteiger partial charge in [0.05, 0.1) is 5.84 Å². The van der Waals surface area contributed by atoms with Crippen molar-refractivity contribution in [3.8, 4) is 0 Å². The lowest BCUT2D eigenvalue weighted by Gasteiger charge is -1.98. The predicted octanol–water partition coefficient (Wildman–Crippen LogP) is 1.34. The van der Waals surface area contributed by atoms with Crippen LogP contribution < -0.4 is 5.73 Å². The molecule has 0 saturated heterocycles. The average Bonchev–Trinajstić information content (AvgIpc) is 2.05. The molecule has 1 rings (SSSR count). The smallest absolute Gasteiger partial charge is 0.0905 e. The zero-order chi connectivity index (χ0) is 8.81. The predicted molar refractivity (Wildman–Crippen MR) is 49.1 cm³/mol. The molecule has 0 unspecified atom stereocenters. The van der Waals surface area contributed by atoms with Crippen molar-refractivity contribution < 1.29 is 0 Å². The monoisotopic (exact) mass is 163 g/mol. The zero-order valence-corrected chi connectivity index (χ0v) is 6.96. The molecule has 0 bridgehead atoms. The van der Waals surface area contributed by atoms with Gasteiger partial charge >= 0.3 is 0 Å². The molecule has 3 nitrogen and oxygen atoms in total. The summed E-state index contributed by atoms with van der Waals surface area (Å²) in [7, 11) is 0. The number of hydrogen-bond donors (Lipinski definition) is 2. The summed E-state index contributed by atoms with van der Waals surface area (Å²) in [5, 5.41) is 7.02. The maximum absolute atomic E-state index is 7.02. The van der Waals surface area contributed by atoms with Gasteiger partial charge in [-0.3, -0.25) is 10.4 Å². The Kier molecular flexibility index (Phi) is 3.26. The van der Waals surface area contributed by atoms with Crippen LogP contribution in [0.1, 0.15) is 18.5 Å². The number of rotatable bonds is 4. The van der Waals surface area contributed by atoms with E-state index in [0.29, 0.717) is 6.42 Å². The lowest BCUT2D eigenvalue weighted by atomic mass is 10.2. The highest BCUT2D eigenvalue weighted by Crippen LogP contribution is 2.00. The Morgan fingerprint density at radius 2 is 2.33 bits per heavy atom. The highest BCUT2D eigenvalue weighted by Gasteiger charge is 1.93. The Balaban J connectivity index is 2.29. The van der Waals surface area contributed by atoms with E-state index in [1.165, 1.54) is 0 Å². The number of aromatic nitrogens is 1. The lowest BCUT2D eigenvalue weighted by molar-refractivity contribution is 0.831. The molecule has 3 N–H and O–H groups in total. The molecule has 0 aromatic carbocycles. The van der Waals surface area contributed by atoms with Crippen molar-refractivity contribution in [2.75, 3.05) is 0 Å². The van der Waals surface area contributed by atoms with Crippen LogP contribution in [0.5, 0.6) is 0 Å². The van der Waals surface area contributed by atoms with Crippen LogP contribution in [0.2, 0.25) is 0 Å². The van der Waals surface area contributed by atoms with Crippen LogP contribution in [-0.2, 0) is 6.42 Å². The number of pyridine rings is 1. The first-order valence-corrected chi connectivity index (χ1v) is 4.02. The first-order valence-electron chi connectivity index (χ1n) is 4.02. The molecule has 0 saturated carbocycles. The molecular formula is C9H13N3. The molecule has 0 fully saturated rings. The second-order valence-corrected chi connectivity index (χ2v) is 2.70. The summed E-state index contributed by atoms with van der Waals surface area (Å²) in [5.41, 5.74) is 6.29. The minimum atomic E-state index is 0.255. The Labute approximate surface area is 72.1 Å². The van der Waals surface area contributed by atoms with Gasteiger partial charge in [0, 0.05) is 18.3 Å². The molecule has 64 valence electrons. The second kappa shape index (κ2) is 4.49. The van der Waals surface area contributed by atoms with E-state index in [2.05, 4.69) is 4.98 Å². The first-order chi connectivity index (χ1) is 5.79. The van der Waals surface area contributed by atoms with Gasteiger partial charge in [0.2, 0.25) is 0 Å². The zero-order valence-electron chi connectivity index (χ0n) is 6.96. The van der Waals surface area contributed by atoms with Gasteiger partial charge in [-0.15, -0.1) is 0 Å². The number of nitrogens with zero attached hydrogens (tertiary/aromatic N) is 1. The summed E-state index contributed by atoms with van der Waals surface area (Å²) in [6.07, 6.45) is 4.26. The summed E-state index contributed by atoms with van der Waals surface area (Å²) in [4.78, 5) is 4.16. The Hall–Kier alpha value is -1.38. The van der Waals surface area contributed by atoms with Crippen molar-refractivity contribution in [3.63, 3.8) is 0 Å². The topological polar surface area (TPSA) is 62.8 Å². The van der Waals surface area contributed by atoms with Gasteiger partial charge in [0.15, 0.2) is 0 Å². The summed E-state index contributed by atoms with van der Waals surface area (Å²) >= 11 is 0. The van der Waals surface area contributed by atoms with Gasteiger partial charge in [0.1, 0.15) is 0 Å². The van der Waals surface area contributed by atoms with E-state index >= 15 is 0 Å². The third-order valence-electron chi connectivity index (χ3n) is 1.61. The van der Waals surface area contributed by atoms with Gasteiger partial charge < -0.3 is 5.73 Å². The standard InChI is InChI=1S/C9H13N3/c10-9(11)6-3-5-8-4-1-2-7-12-8/h1-2,4,7H,3,5-6H2,(H3,10,11). The van der Waals surface area contributed by atoms with E-state index in [0.717, 1.165) is 18.5 Å². The molecule has 0 aliphatic heterocycles. The molecule has 1 aromatic rings. The third-order valence-corrected chi connectivity index (χ3v) is 1.61. The van der Waals surface area contributed by atoms with Crippen molar-refractivity contribution in [3.05, 3.63) is 30.1 Å². The first kappa shape index (κ1) is 8.71. The Morgan fingerprint density at radius 3 is 2.92 bits per heavy atom. The van der Waals surface area contributed by atoms with Crippen LogP contribution in [0.4, 0.5) is 0 Å². The Morgan fingerprint density at radius 1 is 1.50 bits per heavy atom. The fraction of sp³-hybridized carbons (Fsp3) is 0.333. The molecule has 0 aliphatic rings. The van der Waals surface area contributed by atoms with Crippen molar-refractivity contribution in [2.24, 2.45) is 5.73 Å². The lowest BCUT2D eigenvalue weighted by Crippen LogP contribution is -2.09. The van der Waals surface area contributed by atoms with Gasteiger partial charge in [-0.2, -0.15) is 0 Å². The molecule has 0 amide bonds. The van der Waals surface area contributed by atoms with Gasteiger partial charge in [-0.25, -0.2) is 0 Å². The van der Waals surface area contributed by atoms with E-state index in [9.17, 15) is 0 Å². The summed E-state index contributed by atoms with van der Waals surface area (Å²) in [6.45, 7) is 0. The number of aryl methyl sites for hydroxylation is 1. The summed E-state index contributed by atoms with van der Waals surface area (Å²) in [6, 6.07) is 5.85. The third kappa shape index (κ3) is 3.14. The molecule has 0 atom stereocenters. The number of nitrogens with one attached hydrogen (secondary N) is 1. The van der Waals surface area contributed by atoms with Crippen LogP contribution in [0.15, 0.2) is 24.4 Å². The molecule has 3 heteroatoms. The van der Waals surface area contributed by atoms with Gasteiger partial charge in [-0.05, 0) is 25.0 Å². The SMILES string of the molecule is N=C(N)CCCc1ccccn1. The minimum Gasteiger partial charge on any atom is -0.388 e. The molecule has 0 radical (unpaired) electrons. The number of amidine groups is 1. The van der Waals surface area contributed by atoms with Crippen molar-refractivity contribution >= 4 is 5.84 Å². The summed E-state index contributed by atoms with van der Waals surface area (Å²) in [5.74, 6) is 0.255. The fourth-order valence-corrected chi connectivity index (χ4v) is 1.01. The van der Waals surface area contributed by atoms with Crippen LogP contribution in [-0.4, -0.2) is 10.8 Å². The maximum atomic E-state index is 7.02. The van der Waals surface area contributed by atoms with Crippen molar-refractivity contribution in [1.82, 2.24) is 4.98 Å². The molecule has 1 aromatic heterocycles. The van der Waals surface area contributed by atoms with E-state index in [1.54, 1.807) is 6.20 Å². The van der Waals surface area contributed by atoms with Crippen molar-refractivity contribution in [2.45, 2.75) is 19.3 Å². The highest BCUT2D eigenvalue weighted by molar-refractivity contribution is 5.76. The molecular weight excluding hydrogens is 150 g/mol. The van der Waals surface area contributed by atoms with E-state index in [1.807, 2.05) is 18.2 Å². The molecule has 1 heterocycles. The van der Waals surface area contributed by atoms with Gasteiger partial charge in [-0.1, -0.05) is 6.07 Å². The largest absolute Gasteiger partial charge is 0.388 e. The van der Waals surface area contributed by atoms with E-state index in [4.69, 9.17) is 11.1 Å². The fourth-order valence-electron chi connectivity index (χ4n) is 1.01.